The van der Waals surface area contributed by atoms with E-state index < -0.39 is 11.9 Å². The second-order valence-corrected chi connectivity index (χ2v) is 6.05. The minimum absolute atomic E-state index is 0.225. The van der Waals surface area contributed by atoms with E-state index in [1.54, 1.807) is 0 Å². The lowest BCUT2D eigenvalue weighted by Gasteiger charge is -2.34. The number of ether oxygens (including phenoxy) is 3. The summed E-state index contributed by atoms with van der Waals surface area (Å²) in [5.41, 5.74) is 0.732. The fourth-order valence-electron chi connectivity index (χ4n) is 2.84. The van der Waals surface area contributed by atoms with Crippen molar-refractivity contribution < 1.29 is 19.0 Å². The molecule has 0 radical (unpaired) electrons. The molecule has 22 heavy (non-hydrogen) atoms. The number of nitrogens with one attached hydrogen (secondary N) is 1. The first kappa shape index (κ1) is 15.6. The molecule has 0 aromatic heterocycles. The summed E-state index contributed by atoms with van der Waals surface area (Å²) in [5, 5.41) is 2.81. The van der Waals surface area contributed by atoms with Crippen LogP contribution in [-0.2, 0) is 20.8 Å². The summed E-state index contributed by atoms with van der Waals surface area (Å²) in [6.07, 6.45) is 1.43. The number of hydrogen-bond donors (Lipinski definition) is 1. The number of carbonyl (C=O) groups is 1. The Morgan fingerprint density at radius 1 is 1.23 bits per heavy atom. The number of carbonyl (C=O) groups excluding carboxylic acids is 1. The van der Waals surface area contributed by atoms with Gasteiger partial charge in [0.2, 0.25) is 0 Å². The first-order valence-electron chi connectivity index (χ1n) is 7.48. The molecule has 5 nitrogen and oxygen atoms in total. The fourth-order valence-corrected chi connectivity index (χ4v) is 3.28. The summed E-state index contributed by atoms with van der Waals surface area (Å²) in [4.78, 5) is 11.9. The van der Waals surface area contributed by atoms with E-state index in [9.17, 15) is 4.79 Å². The van der Waals surface area contributed by atoms with Crippen LogP contribution >= 0.6 is 11.6 Å². The van der Waals surface area contributed by atoms with Crippen LogP contribution < -0.4 is 5.32 Å². The predicted octanol–water partition coefficient (Wildman–Crippen LogP) is 2.67. The summed E-state index contributed by atoms with van der Waals surface area (Å²) in [7, 11) is 0. The lowest BCUT2D eigenvalue weighted by atomic mass is 9.96. The van der Waals surface area contributed by atoms with E-state index in [1.807, 2.05) is 30.3 Å². The number of amides is 1. The molecule has 1 aliphatic carbocycles. The van der Waals surface area contributed by atoms with Crippen LogP contribution in [0.2, 0.25) is 0 Å². The zero-order valence-electron chi connectivity index (χ0n) is 12.3. The van der Waals surface area contributed by atoms with Crippen molar-refractivity contribution in [3.8, 4) is 0 Å². The second-order valence-electron chi connectivity index (χ2n) is 5.78. The summed E-state index contributed by atoms with van der Waals surface area (Å²) < 4.78 is 16.7. The molecule has 2 fully saturated rings. The maximum atomic E-state index is 11.9. The second kappa shape index (κ2) is 6.44. The number of benzene rings is 1. The maximum absolute atomic E-state index is 11.9. The first-order chi connectivity index (χ1) is 10.7. The van der Waals surface area contributed by atoms with E-state index in [0.717, 1.165) is 18.4 Å². The van der Waals surface area contributed by atoms with Crippen LogP contribution in [-0.4, -0.2) is 37.5 Å². The highest BCUT2D eigenvalue weighted by Crippen LogP contribution is 2.57. The molecule has 1 aromatic carbocycles. The van der Waals surface area contributed by atoms with Crippen LogP contribution in [0.5, 0.6) is 0 Å². The maximum Gasteiger partial charge on any atom is 0.407 e. The fraction of sp³-hybridized carbons (Fsp3) is 0.562. The van der Waals surface area contributed by atoms with E-state index in [4.69, 9.17) is 25.8 Å². The van der Waals surface area contributed by atoms with Gasteiger partial charge >= 0.3 is 6.09 Å². The molecule has 0 bridgehead atoms. The van der Waals surface area contributed by atoms with Crippen molar-refractivity contribution >= 4 is 17.7 Å². The third-order valence-corrected chi connectivity index (χ3v) is 4.73. The molecule has 1 amide bonds. The largest absolute Gasteiger partial charge is 0.445 e. The van der Waals surface area contributed by atoms with Crippen molar-refractivity contribution in [3.05, 3.63) is 35.9 Å². The average molecular weight is 326 g/mol. The Morgan fingerprint density at radius 3 is 2.50 bits per heavy atom. The third kappa shape index (κ3) is 3.07. The molecule has 2 aliphatic rings. The average Bonchev–Trinajstić information content (AvgIpc) is 3.21. The van der Waals surface area contributed by atoms with E-state index >= 15 is 0 Å². The Kier molecular flexibility index (Phi) is 4.57. The Hall–Kier alpha value is -1.30. The van der Waals surface area contributed by atoms with Crippen LogP contribution in [0.4, 0.5) is 4.79 Å². The smallest absolute Gasteiger partial charge is 0.407 e. The molecular formula is C16H20ClNO4. The lowest BCUT2D eigenvalue weighted by molar-refractivity contribution is -0.187. The van der Waals surface area contributed by atoms with Crippen molar-refractivity contribution in [3.63, 3.8) is 0 Å². The van der Waals surface area contributed by atoms with Crippen molar-refractivity contribution in [2.45, 2.75) is 25.2 Å². The summed E-state index contributed by atoms with van der Waals surface area (Å²) >= 11 is 6.05. The van der Waals surface area contributed by atoms with Crippen molar-refractivity contribution in [1.82, 2.24) is 5.32 Å². The molecule has 1 aromatic rings. The SMILES string of the molecule is O=C(NCC1(C2(CCl)OCCO2)CC1)OCc1ccccc1. The van der Waals surface area contributed by atoms with Gasteiger partial charge in [-0.25, -0.2) is 4.79 Å². The topological polar surface area (TPSA) is 56.8 Å². The van der Waals surface area contributed by atoms with Crippen molar-refractivity contribution in [2.75, 3.05) is 25.6 Å². The molecule has 6 heteroatoms. The van der Waals surface area contributed by atoms with Gasteiger partial charge in [0.25, 0.3) is 0 Å². The van der Waals surface area contributed by atoms with E-state index in [-0.39, 0.29) is 17.9 Å². The minimum atomic E-state index is -0.763. The monoisotopic (exact) mass is 325 g/mol. The highest BCUT2D eigenvalue weighted by atomic mass is 35.5. The summed E-state index contributed by atoms with van der Waals surface area (Å²) in [6, 6.07) is 9.58. The molecule has 1 saturated heterocycles. The molecule has 0 unspecified atom stereocenters. The number of halogens is 1. The third-order valence-electron chi connectivity index (χ3n) is 4.38. The standard InChI is InChI=1S/C16H20ClNO4/c17-11-16(21-8-9-22-16)15(6-7-15)12-18-14(19)20-10-13-4-2-1-3-5-13/h1-5H,6-12H2,(H,18,19). The highest BCUT2D eigenvalue weighted by molar-refractivity contribution is 6.18. The zero-order chi connectivity index (χ0) is 15.5. The first-order valence-corrected chi connectivity index (χ1v) is 8.02. The van der Waals surface area contributed by atoms with E-state index in [0.29, 0.717) is 19.8 Å². The summed E-state index contributed by atoms with van der Waals surface area (Å²) in [6.45, 7) is 1.81. The number of alkyl halides is 1. The van der Waals surface area contributed by atoms with Gasteiger partial charge in [-0.1, -0.05) is 30.3 Å². The molecule has 0 atom stereocenters. The molecule has 3 rings (SSSR count). The van der Waals surface area contributed by atoms with Gasteiger partial charge in [-0.15, -0.1) is 11.6 Å². The van der Waals surface area contributed by atoms with Crippen LogP contribution in [0.1, 0.15) is 18.4 Å². The highest BCUT2D eigenvalue weighted by Gasteiger charge is 2.62. The molecule has 0 spiro atoms. The van der Waals surface area contributed by atoms with Gasteiger partial charge in [0.1, 0.15) is 6.61 Å². The van der Waals surface area contributed by atoms with Gasteiger partial charge in [-0.05, 0) is 18.4 Å². The molecule has 1 N–H and O–H groups in total. The molecule has 1 aliphatic heterocycles. The lowest BCUT2D eigenvalue weighted by Crippen LogP contribution is -2.48. The Bertz CT molecular complexity index is 512. The minimum Gasteiger partial charge on any atom is -0.445 e. The molecule has 120 valence electrons. The molecule has 1 saturated carbocycles. The van der Waals surface area contributed by atoms with Crippen LogP contribution in [0, 0.1) is 5.41 Å². The van der Waals surface area contributed by atoms with Crippen LogP contribution in [0.25, 0.3) is 0 Å². The van der Waals surface area contributed by atoms with Gasteiger partial charge < -0.3 is 19.5 Å². The number of hydrogen-bond acceptors (Lipinski definition) is 4. The van der Waals surface area contributed by atoms with Gasteiger partial charge in [0, 0.05) is 12.0 Å². The van der Waals surface area contributed by atoms with Crippen LogP contribution in [0.15, 0.2) is 30.3 Å². The van der Waals surface area contributed by atoms with E-state index in [2.05, 4.69) is 5.32 Å². The van der Waals surface area contributed by atoms with Crippen molar-refractivity contribution in [2.24, 2.45) is 5.41 Å². The Labute approximate surface area is 134 Å². The molecule has 1 heterocycles. The normalized spacial score (nSPS) is 21.3. The predicted molar refractivity (Wildman–Crippen MR) is 81.7 cm³/mol. The van der Waals surface area contributed by atoms with Gasteiger partial charge in [0.05, 0.1) is 19.1 Å². The quantitative estimate of drug-likeness (QED) is 0.817. The Balaban J connectivity index is 1.49. The number of alkyl carbamates (subject to hydrolysis) is 1. The summed E-state index contributed by atoms with van der Waals surface area (Å²) in [5.74, 6) is -0.491. The Morgan fingerprint density at radius 2 is 1.91 bits per heavy atom. The zero-order valence-corrected chi connectivity index (χ0v) is 13.1. The number of rotatable bonds is 6. The van der Waals surface area contributed by atoms with Crippen LogP contribution in [0.3, 0.4) is 0 Å². The van der Waals surface area contributed by atoms with Gasteiger partial charge in [-0.3, -0.25) is 0 Å². The van der Waals surface area contributed by atoms with Gasteiger partial charge in [-0.2, -0.15) is 0 Å². The van der Waals surface area contributed by atoms with E-state index in [1.165, 1.54) is 0 Å². The van der Waals surface area contributed by atoms with Gasteiger partial charge in [0.15, 0.2) is 5.79 Å². The van der Waals surface area contributed by atoms with Crippen molar-refractivity contribution in [1.29, 1.82) is 0 Å². The molecular weight excluding hydrogens is 306 g/mol.